The Kier molecular flexibility index (Phi) is 5.98. The van der Waals surface area contributed by atoms with Crippen molar-refractivity contribution in [2.24, 2.45) is 0 Å². The lowest BCUT2D eigenvalue weighted by molar-refractivity contribution is 0.543. The van der Waals surface area contributed by atoms with Gasteiger partial charge in [-0.25, -0.2) is 4.79 Å². The quantitative estimate of drug-likeness (QED) is 0.623. The van der Waals surface area contributed by atoms with Crippen LogP contribution in [0.1, 0.15) is 52.4 Å². The molecule has 0 aliphatic heterocycles. The predicted octanol–water partition coefficient (Wildman–Crippen LogP) is 3.03. The first-order valence-corrected chi connectivity index (χ1v) is 6.55. The number of aryl methyl sites for hydroxylation is 2. The molecular formula is C13H24N2O. The van der Waals surface area contributed by atoms with E-state index in [4.69, 9.17) is 0 Å². The number of aromatic nitrogens is 2. The van der Waals surface area contributed by atoms with Crippen molar-refractivity contribution in [2.45, 2.75) is 65.5 Å². The first-order valence-electron chi connectivity index (χ1n) is 6.55. The van der Waals surface area contributed by atoms with Crippen molar-refractivity contribution in [3.8, 4) is 0 Å². The first kappa shape index (κ1) is 13.1. The second-order valence-corrected chi connectivity index (χ2v) is 4.38. The molecule has 1 aromatic heterocycles. The highest BCUT2D eigenvalue weighted by molar-refractivity contribution is 4.81. The fourth-order valence-corrected chi connectivity index (χ4v) is 1.92. The van der Waals surface area contributed by atoms with Gasteiger partial charge in [0.15, 0.2) is 0 Å². The van der Waals surface area contributed by atoms with Gasteiger partial charge in [-0.15, -0.1) is 0 Å². The zero-order valence-corrected chi connectivity index (χ0v) is 10.6. The van der Waals surface area contributed by atoms with Crippen LogP contribution in [0.2, 0.25) is 0 Å². The van der Waals surface area contributed by atoms with Crippen molar-refractivity contribution in [1.29, 1.82) is 0 Å². The van der Waals surface area contributed by atoms with Crippen LogP contribution >= 0.6 is 0 Å². The molecule has 0 N–H and O–H groups in total. The fourth-order valence-electron chi connectivity index (χ4n) is 1.92. The number of unbranched alkanes of at least 4 members (excludes halogenated alkanes) is 4. The molecule has 1 heterocycles. The molecule has 0 aromatic carbocycles. The largest absolute Gasteiger partial charge is 0.328 e. The van der Waals surface area contributed by atoms with Crippen molar-refractivity contribution >= 4 is 0 Å². The summed E-state index contributed by atoms with van der Waals surface area (Å²) < 4.78 is 3.63. The van der Waals surface area contributed by atoms with Gasteiger partial charge in [0.2, 0.25) is 0 Å². The maximum absolute atomic E-state index is 11.8. The molecular weight excluding hydrogens is 200 g/mol. The minimum atomic E-state index is 0.150. The highest BCUT2D eigenvalue weighted by Crippen LogP contribution is 2.03. The third kappa shape index (κ3) is 3.87. The van der Waals surface area contributed by atoms with Crippen LogP contribution < -0.4 is 5.69 Å². The molecule has 0 unspecified atom stereocenters. The molecule has 0 spiro atoms. The molecule has 0 saturated carbocycles. The fraction of sp³-hybridized carbons (Fsp3) is 0.769. The molecule has 1 aromatic rings. The van der Waals surface area contributed by atoms with E-state index in [1.807, 2.05) is 17.0 Å². The molecule has 1 rings (SSSR count). The lowest BCUT2D eigenvalue weighted by atomic mass is 10.1. The third-order valence-electron chi connectivity index (χ3n) is 2.89. The predicted molar refractivity (Wildman–Crippen MR) is 67.7 cm³/mol. The highest BCUT2D eigenvalue weighted by Gasteiger charge is 2.01. The monoisotopic (exact) mass is 224 g/mol. The molecule has 3 nitrogen and oxygen atoms in total. The minimum Gasteiger partial charge on any atom is -0.299 e. The molecule has 0 amide bonds. The Morgan fingerprint density at radius 3 is 2.12 bits per heavy atom. The smallest absolute Gasteiger partial charge is 0.299 e. The minimum absolute atomic E-state index is 0.150. The zero-order chi connectivity index (χ0) is 11.8. The summed E-state index contributed by atoms with van der Waals surface area (Å²) in [6.45, 7) is 6.02. The summed E-state index contributed by atoms with van der Waals surface area (Å²) in [4.78, 5) is 11.8. The number of imidazole rings is 1. The Morgan fingerprint density at radius 2 is 1.50 bits per heavy atom. The van der Waals surface area contributed by atoms with E-state index in [1.165, 1.54) is 25.7 Å². The van der Waals surface area contributed by atoms with Crippen LogP contribution in [-0.2, 0) is 13.1 Å². The van der Waals surface area contributed by atoms with E-state index in [-0.39, 0.29) is 5.69 Å². The maximum Gasteiger partial charge on any atom is 0.328 e. The number of rotatable bonds is 8. The summed E-state index contributed by atoms with van der Waals surface area (Å²) in [5.74, 6) is 0. The SMILES string of the molecule is CCCCCCCn1ccn(CCC)c1=O. The van der Waals surface area contributed by atoms with Gasteiger partial charge in [-0.1, -0.05) is 39.5 Å². The normalized spacial score (nSPS) is 10.9. The van der Waals surface area contributed by atoms with E-state index >= 15 is 0 Å². The molecule has 0 fully saturated rings. The van der Waals surface area contributed by atoms with Gasteiger partial charge in [-0.05, 0) is 12.8 Å². The van der Waals surface area contributed by atoms with Crippen LogP contribution in [0, 0.1) is 0 Å². The topological polar surface area (TPSA) is 26.9 Å². The van der Waals surface area contributed by atoms with Gasteiger partial charge < -0.3 is 0 Å². The Hall–Kier alpha value is -0.990. The van der Waals surface area contributed by atoms with Gasteiger partial charge >= 0.3 is 5.69 Å². The van der Waals surface area contributed by atoms with Crippen LogP contribution in [0.5, 0.6) is 0 Å². The van der Waals surface area contributed by atoms with Crippen LogP contribution in [0.25, 0.3) is 0 Å². The molecule has 0 aliphatic rings. The summed E-state index contributed by atoms with van der Waals surface area (Å²) in [6, 6.07) is 0. The Morgan fingerprint density at radius 1 is 0.875 bits per heavy atom. The standard InChI is InChI=1S/C13H24N2O/c1-3-5-6-7-8-10-15-12-11-14(9-4-2)13(15)16/h11-12H,3-10H2,1-2H3. The van der Waals surface area contributed by atoms with E-state index in [1.54, 1.807) is 4.57 Å². The number of hydrogen-bond acceptors (Lipinski definition) is 1. The second-order valence-electron chi connectivity index (χ2n) is 4.38. The van der Waals surface area contributed by atoms with Gasteiger partial charge in [0.1, 0.15) is 0 Å². The molecule has 0 saturated heterocycles. The van der Waals surface area contributed by atoms with E-state index in [0.717, 1.165) is 25.9 Å². The lowest BCUT2D eigenvalue weighted by Crippen LogP contribution is -2.24. The summed E-state index contributed by atoms with van der Waals surface area (Å²) >= 11 is 0. The third-order valence-corrected chi connectivity index (χ3v) is 2.89. The first-order chi connectivity index (χ1) is 7.79. The number of nitrogens with zero attached hydrogens (tertiary/aromatic N) is 2. The van der Waals surface area contributed by atoms with Crippen LogP contribution in [0.15, 0.2) is 17.2 Å². The van der Waals surface area contributed by atoms with Gasteiger partial charge in [0.05, 0.1) is 0 Å². The summed E-state index contributed by atoms with van der Waals surface area (Å²) in [5.41, 5.74) is 0.150. The van der Waals surface area contributed by atoms with Gasteiger partial charge in [-0.2, -0.15) is 0 Å². The van der Waals surface area contributed by atoms with Crippen molar-refractivity contribution in [1.82, 2.24) is 9.13 Å². The molecule has 3 heteroatoms. The summed E-state index contributed by atoms with van der Waals surface area (Å²) in [5, 5.41) is 0. The Bertz CT molecular complexity index is 338. The average molecular weight is 224 g/mol. The van der Waals surface area contributed by atoms with Gasteiger partial charge in [0, 0.05) is 25.5 Å². The van der Waals surface area contributed by atoms with Crippen molar-refractivity contribution < 1.29 is 0 Å². The van der Waals surface area contributed by atoms with Crippen LogP contribution in [0.3, 0.4) is 0 Å². The van der Waals surface area contributed by atoms with E-state index in [9.17, 15) is 4.79 Å². The van der Waals surface area contributed by atoms with Crippen molar-refractivity contribution in [2.75, 3.05) is 0 Å². The van der Waals surface area contributed by atoms with Gasteiger partial charge in [0.25, 0.3) is 0 Å². The molecule has 0 atom stereocenters. The van der Waals surface area contributed by atoms with E-state index in [0.29, 0.717) is 0 Å². The van der Waals surface area contributed by atoms with Crippen LogP contribution in [0.4, 0.5) is 0 Å². The van der Waals surface area contributed by atoms with Crippen molar-refractivity contribution in [3.63, 3.8) is 0 Å². The average Bonchev–Trinajstić information content (AvgIpc) is 2.62. The molecule has 16 heavy (non-hydrogen) atoms. The molecule has 92 valence electrons. The van der Waals surface area contributed by atoms with Gasteiger partial charge in [-0.3, -0.25) is 9.13 Å². The van der Waals surface area contributed by atoms with E-state index in [2.05, 4.69) is 13.8 Å². The second kappa shape index (κ2) is 7.31. The lowest BCUT2D eigenvalue weighted by Gasteiger charge is -2.01. The molecule has 0 aliphatic carbocycles. The number of hydrogen-bond donors (Lipinski definition) is 0. The highest BCUT2D eigenvalue weighted by atomic mass is 16.1. The summed E-state index contributed by atoms with van der Waals surface area (Å²) in [6.07, 6.45) is 11.1. The Balaban J connectivity index is 2.34. The zero-order valence-electron chi connectivity index (χ0n) is 10.6. The van der Waals surface area contributed by atoms with Crippen molar-refractivity contribution in [3.05, 3.63) is 22.9 Å². The molecule has 0 bridgehead atoms. The maximum atomic E-state index is 11.8. The van der Waals surface area contributed by atoms with E-state index < -0.39 is 0 Å². The Labute approximate surface area is 98.1 Å². The summed E-state index contributed by atoms with van der Waals surface area (Å²) in [7, 11) is 0. The molecule has 0 radical (unpaired) electrons. The van der Waals surface area contributed by atoms with Crippen LogP contribution in [-0.4, -0.2) is 9.13 Å².